The van der Waals surface area contributed by atoms with E-state index in [4.69, 9.17) is 0 Å². The topological polar surface area (TPSA) is 68.5 Å². The van der Waals surface area contributed by atoms with Gasteiger partial charge in [0.25, 0.3) is 0 Å². The van der Waals surface area contributed by atoms with Gasteiger partial charge in [0.2, 0.25) is 5.91 Å². The Labute approximate surface area is 177 Å². The zero-order chi connectivity index (χ0) is 21.1. The Morgan fingerprint density at radius 3 is 2.87 bits per heavy atom. The standard InChI is InChI=1S/C24H28N4O2/c1-17-5-3-7-19(13-17)24-23-21(25-16-26-23)9-12-28(24)22(30)10-11-27(2)15-18-6-4-8-20(29)14-18/h3-8,13-14,16,21,24,29H,9-12,15H2,1-2H3. The Kier molecular flexibility index (Phi) is 5.95. The van der Waals surface area contributed by atoms with Gasteiger partial charge in [-0.05, 0) is 43.7 Å². The summed E-state index contributed by atoms with van der Waals surface area (Å²) in [6, 6.07) is 15.5. The summed E-state index contributed by atoms with van der Waals surface area (Å²) in [5.74, 6) is 0.401. The number of carbonyl (C=O) groups is 1. The van der Waals surface area contributed by atoms with Crippen LogP contribution in [0.5, 0.6) is 5.75 Å². The minimum Gasteiger partial charge on any atom is -0.508 e. The Balaban J connectivity index is 1.45. The second-order valence-corrected chi connectivity index (χ2v) is 8.18. The summed E-state index contributed by atoms with van der Waals surface area (Å²) in [6.07, 6.45) is 2.90. The number of hydrogen-bond donors (Lipinski definition) is 1. The average Bonchev–Trinajstić information content (AvgIpc) is 3.20. The third kappa shape index (κ3) is 4.44. The number of carbonyl (C=O) groups excluding carboxylic acids is 1. The maximum Gasteiger partial charge on any atom is 0.224 e. The minimum absolute atomic E-state index is 0.0907. The Hall–Kier alpha value is -2.99. The molecule has 4 rings (SSSR count). The highest BCUT2D eigenvalue weighted by atomic mass is 16.3. The van der Waals surface area contributed by atoms with Gasteiger partial charge in [0.1, 0.15) is 12.1 Å². The van der Waals surface area contributed by atoms with Crippen LogP contribution in [-0.4, -0.2) is 59.0 Å². The van der Waals surface area contributed by atoms with E-state index >= 15 is 0 Å². The van der Waals surface area contributed by atoms with Crippen molar-refractivity contribution in [1.29, 1.82) is 0 Å². The van der Waals surface area contributed by atoms with Crippen LogP contribution < -0.4 is 0 Å². The average molecular weight is 405 g/mol. The second-order valence-electron chi connectivity index (χ2n) is 8.18. The Morgan fingerprint density at radius 1 is 1.23 bits per heavy atom. The van der Waals surface area contributed by atoms with Gasteiger partial charge in [0.15, 0.2) is 0 Å². The number of phenolic OH excluding ortho intramolecular Hbond substituents is 1. The minimum atomic E-state index is -0.143. The van der Waals surface area contributed by atoms with Crippen molar-refractivity contribution in [3.8, 4) is 5.75 Å². The number of aromatic hydroxyl groups is 1. The van der Waals surface area contributed by atoms with Crippen molar-refractivity contribution in [2.45, 2.75) is 38.4 Å². The summed E-state index contributed by atoms with van der Waals surface area (Å²) in [5.41, 5.74) is 4.28. The molecule has 0 aromatic heterocycles. The summed E-state index contributed by atoms with van der Waals surface area (Å²) in [7, 11) is 2.00. The molecule has 2 heterocycles. The predicted molar refractivity (Wildman–Crippen MR) is 119 cm³/mol. The lowest BCUT2D eigenvalue weighted by molar-refractivity contribution is -0.133. The lowest BCUT2D eigenvalue weighted by Crippen LogP contribution is -2.48. The number of benzene rings is 2. The van der Waals surface area contributed by atoms with Gasteiger partial charge < -0.3 is 14.9 Å². The first-order chi connectivity index (χ1) is 14.5. The number of hydrogen-bond acceptors (Lipinski definition) is 5. The van der Waals surface area contributed by atoms with Gasteiger partial charge in [0, 0.05) is 26.1 Å². The van der Waals surface area contributed by atoms with Crippen LogP contribution in [0.3, 0.4) is 0 Å². The van der Waals surface area contributed by atoms with E-state index in [1.165, 1.54) is 5.56 Å². The van der Waals surface area contributed by atoms with Crippen molar-refractivity contribution >= 4 is 18.0 Å². The van der Waals surface area contributed by atoms with Gasteiger partial charge in [-0.1, -0.05) is 42.0 Å². The van der Waals surface area contributed by atoms with Gasteiger partial charge in [-0.3, -0.25) is 9.79 Å². The van der Waals surface area contributed by atoms with Crippen molar-refractivity contribution in [3.63, 3.8) is 0 Å². The van der Waals surface area contributed by atoms with Crippen molar-refractivity contribution in [3.05, 3.63) is 65.2 Å². The molecule has 1 fully saturated rings. The summed E-state index contributed by atoms with van der Waals surface area (Å²) >= 11 is 0. The molecular formula is C24H28N4O2. The lowest BCUT2D eigenvalue weighted by Gasteiger charge is -2.39. The zero-order valence-corrected chi connectivity index (χ0v) is 17.5. The quantitative estimate of drug-likeness (QED) is 0.803. The molecule has 2 aromatic rings. The van der Waals surface area contributed by atoms with Crippen LogP contribution in [0.1, 0.15) is 35.6 Å². The van der Waals surface area contributed by atoms with E-state index in [1.54, 1.807) is 18.5 Å². The fourth-order valence-corrected chi connectivity index (χ4v) is 4.30. The van der Waals surface area contributed by atoms with Crippen molar-refractivity contribution in [2.24, 2.45) is 9.98 Å². The molecule has 2 aromatic carbocycles. The van der Waals surface area contributed by atoms with Gasteiger partial charge in [-0.15, -0.1) is 0 Å². The molecule has 0 spiro atoms. The van der Waals surface area contributed by atoms with Crippen molar-refractivity contribution in [1.82, 2.24) is 9.80 Å². The highest BCUT2D eigenvalue weighted by molar-refractivity contribution is 6.05. The summed E-state index contributed by atoms with van der Waals surface area (Å²) < 4.78 is 0. The SMILES string of the molecule is Cc1cccc(C2C3=NC=NC3CCN2C(=O)CCN(C)Cc2cccc(O)c2)c1. The van der Waals surface area contributed by atoms with Crippen LogP contribution in [0.4, 0.5) is 0 Å². The van der Waals surface area contributed by atoms with Crippen molar-refractivity contribution in [2.75, 3.05) is 20.1 Å². The van der Waals surface area contributed by atoms with Crippen LogP contribution >= 0.6 is 0 Å². The number of phenols is 1. The first-order valence-electron chi connectivity index (χ1n) is 10.4. The van der Waals surface area contributed by atoms with Crippen LogP contribution in [0, 0.1) is 6.92 Å². The number of aliphatic imine (C=N–C) groups is 2. The fourth-order valence-electron chi connectivity index (χ4n) is 4.30. The molecule has 0 saturated carbocycles. The number of nitrogens with zero attached hydrogens (tertiary/aromatic N) is 4. The second kappa shape index (κ2) is 8.79. The van der Waals surface area contributed by atoms with Crippen LogP contribution in [0.15, 0.2) is 58.5 Å². The number of amides is 1. The lowest BCUT2D eigenvalue weighted by atomic mass is 9.89. The highest BCUT2D eigenvalue weighted by Crippen LogP contribution is 2.33. The Bertz CT molecular complexity index is 985. The largest absolute Gasteiger partial charge is 0.508 e. The van der Waals surface area contributed by atoms with Crippen LogP contribution in [0.2, 0.25) is 0 Å². The normalized spacial score (nSPS) is 20.4. The summed E-state index contributed by atoms with van der Waals surface area (Å²) in [4.78, 5) is 26.3. The molecule has 156 valence electrons. The monoisotopic (exact) mass is 404 g/mol. The zero-order valence-electron chi connectivity index (χ0n) is 17.5. The van der Waals surface area contributed by atoms with E-state index in [9.17, 15) is 9.90 Å². The number of piperidine rings is 1. The first kappa shape index (κ1) is 20.3. The molecule has 30 heavy (non-hydrogen) atoms. The molecule has 1 saturated heterocycles. The van der Waals surface area contributed by atoms with Gasteiger partial charge in [-0.2, -0.15) is 0 Å². The molecule has 2 aliphatic rings. The maximum atomic E-state index is 13.2. The molecule has 6 nitrogen and oxygen atoms in total. The molecule has 1 amide bonds. The van der Waals surface area contributed by atoms with Gasteiger partial charge in [-0.25, -0.2) is 4.99 Å². The summed E-state index contributed by atoms with van der Waals surface area (Å²) in [6.45, 7) is 4.09. The van der Waals surface area contributed by atoms with Crippen molar-refractivity contribution < 1.29 is 9.90 Å². The van der Waals surface area contributed by atoms with Crippen LogP contribution in [0.25, 0.3) is 0 Å². The molecule has 2 atom stereocenters. The number of fused-ring (bicyclic) bond motifs is 1. The molecule has 6 heteroatoms. The third-order valence-electron chi connectivity index (χ3n) is 5.78. The van der Waals surface area contributed by atoms with E-state index in [0.717, 1.165) is 23.3 Å². The van der Waals surface area contributed by atoms with E-state index in [1.807, 2.05) is 30.1 Å². The van der Waals surface area contributed by atoms with Gasteiger partial charge in [0.05, 0.1) is 17.8 Å². The van der Waals surface area contributed by atoms with E-state index in [2.05, 4.69) is 40.0 Å². The molecule has 2 aliphatic heterocycles. The molecule has 1 N–H and O–H groups in total. The van der Waals surface area contributed by atoms with E-state index in [-0.39, 0.29) is 23.7 Å². The molecular weight excluding hydrogens is 376 g/mol. The van der Waals surface area contributed by atoms with Gasteiger partial charge >= 0.3 is 0 Å². The highest BCUT2D eigenvalue weighted by Gasteiger charge is 2.39. The van der Waals surface area contributed by atoms with E-state index in [0.29, 0.717) is 26.1 Å². The number of aryl methyl sites for hydroxylation is 1. The van der Waals surface area contributed by atoms with E-state index < -0.39 is 0 Å². The first-order valence-corrected chi connectivity index (χ1v) is 10.4. The Morgan fingerprint density at radius 2 is 2.07 bits per heavy atom. The fraction of sp³-hybridized carbons (Fsp3) is 0.375. The molecule has 0 bridgehead atoms. The smallest absolute Gasteiger partial charge is 0.224 e. The number of likely N-dealkylation sites (tertiary alicyclic amines) is 1. The summed E-state index contributed by atoms with van der Waals surface area (Å²) in [5, 5.41) is 9.65. The molecule has 2 unspecified atom stereocenters. The molecule has 0 aliphatic carbocycles. The van der Waals surface area contributed by atoms with Crippen LogP contribution in [-0.2, 0) is 11.3 Å². The predicted octanol–water partition coefficient (Wildman–Crippen LogP) is 3.35. The molecule has 0 radical (unpaired) electrons. The number of rotatable bonds is 6. The maximum absolute atomic E-state index is 13.2. The third-order valence-corrected chi connectivity index (χ3v) is 5.78.